The number of Topliss-reactive ketones (excluding diaryl/α,β-unsaturated/α-hetero) is 1. The van der Waals surface area contributed by atoms with E-state index in [1.807, 2.05) is 0 Å². The van der Waals surface area contributed by atoms with Crippen molar-refractivity contribution in [3.63, 3.8) is 0 Å². The lowest BCUT2D eigenvalue weighted by Gasteiger charge is -2.08. The predicted molar refractivity (Wildman–Crippen MR) is 89.0 cm³/mol. The maximum Gasteiger partial charge on any atom is 0.343 e. The molecule has 0 saturated heterocycles. The molecule has 23 heavy (non-hydrogen) atoms. The third-order valence-electron chi connectivity index (χ3n) is 2.57. The fraction of sp³-hybridized carbons (Fsp3) is 0.143. The fourth-order valence-electron chi connectivity index (χ4n) is 1.58. The monoisotopic (exact) mass is 371 g/mol. The lowest BCUT2D eigenvalue weighted by molar-refractivity contribution is -0.138. The predicted octanol–water partition coefficient (Wildman–Crippen LogP) is 3.59. The number of hydrogen-bond acceptors (Lipinski definition) is 7. The van der Waals surface area contributed by atoms with E-state index in [9.17, 15) is 9.59 Å². The van der Waals surface area contributed by atoms with Gasteiger partial charge >= 0.3 is 5.97 Å². The van der Waals surface area contributed by atoms with Crippen LogP contribution in [0.15, 0.2) is 35.5 Å². The van der Waals surface area contributed by atoms with E-state index in [2.05, 4.69) is 15.3 Å². The van der Waals surface area contributed by atoms with Crippen molar-refractivity contribution in [1.82, 2.24) is 9.97 Å². The summed E-state index contributed by atoms with van der Waals surface area (Å²) in [5, 5.41) is 5.12. The summed E-state index contributed by atoms with van der Waals surface area (Å²) in [6.45, 7) is 1.78. The fourth-order valence-corrected chi connectivity index (χ4v) is 2.51. The molecule has 0 unspecified atom stereocenters. The minimum absolute atomic E-state index is 0.0521. The summed E-state index contributed by atoms with van der Waals surface area (Å²) in [4.78, 5) is 32.4. The summed E-state index contributed by atoms with van der Waals surface area (Å²) in [6.07, 6.45) is 2.83. The van der Waals surface area contributed by atoms with Crippen LogP contribution in [0.3, 0.4) is 0 Å². The van der Waals surface area contributed by atoms with Gasteiger partial charge in [0.15, 0.2) is 5.13 Å². The van der Waals surface area contributed by atoms with Crippen molar-refractivity contribution < 1.29 is 14.3 Å². The van der Waals surface area contributed by atoms with E-state index in [-0.39, 0.29) is 28.0 Å². The molecule has 2 heterocycles. The second-order valence-electron chi connectivity index (χ2n) is 4.06. The van der Waals surface area contributed by atoms with Crippen molar-refractivity contribution in [1.29, 1.82) is 0 Å². The summed E-state index contributed by atoms with van der Waals surface area (Å²) < 4.78 is 4.91. The third-order valence-corrected chi connectivity index (χ3v) is 3.77. The van der Waals surface area contributed by atoms with Gasteiger partial charge in [0, 0.05) is 17.8 Å². The van der Waals surface area contributed by atoms with E-state index in [0.717, 1.165) is 0 Å². The molecule has 0 spiro atoms. The molecule has 0 aliphatic carbocycles. The SMILES string of the molecule is CCOC(=O)C(=CNc1nccs1)C(=O)c1ccc(Cl)nc1Cl. The van der Waals surface area contributed by atoms with Crippen molar-refractivity contribution in [2.45, 2.75) is 6.92 Å². The molecule has 0 aliphatic heterocycles. The molecule has 2 aromatic heterocycles. The quantitative estimate of drug-likeness (QED) is 0.208. The molecule has 6 nitrogen and oxygen atoms in total. The molecular formula is C14H11Cl2N3O3S. The highest BCUT2D eigenvalue weighted by atomic mass is 35.5. The number of anilines is 1. The first kappa shape index (κ1) is 17.4. The Balaban J connectivity index is 2.33. The van der Waals surface area contributed by atoms with Crippen molar-refractivity contribution in [3.05, 3.63) is 51.4 Å². The van der Waals surface area contributed by atoms with Crippen LogP contribution in [-0.4, -0.2) is 28.3 Å². The number of nitrogens with zero attached hydrogens (tertiary/aromatic N) is 2. The van der Waals surface area contributed by atoms with Gasteiger partial charge in [0.1, 0.15) is 15.9 Å². The summed E-state index contributed by atoms with van der Waals surface area (Å²) >= 11 is 12.9. The molecule has 0 amide bonds. The second kappa shape index (κ2) is 8.05. The van der Waals surface area contributed by atoms with Crippen LogP contribution >= 0.6 is 34.5 Å². The second-order valence-corrected chi connectivity index (χ2v) is 5.70. The molecule has 1 N–H and O–H groups in total. The molecule has 9 heteroatoms. The van der Waals surface area contributed by atoms with Gasteiger partial charge < -0.3 is 10.1 Å². The Morgan fingerprint density at radius 3 is 2.78 bits per heavy atom. The van der Waals surface area contributed by atoms with Crippen LogP contribution in [-0.2, 0) is 9.53 Å². The molecule has 0 radical (unpaired) electrons. The highest BCUT2D eigenvalue weighted by Gasteiger charge is 2.24. The van der Waals surface area contributed by atoms with Crippen LogP contribution in [0, 0.1) is 0 Å². The molecule has 0 aliphatic rings. The molecule has 0 fully saturated rings. The van der Waals surface area contributed by atoms with Crippen molar-refractivity contribution >= 4 is 51.4 Å². The van der Waals surface area contributed by atoms with Crippen LogP contribution in [0.4, 0.5) is 5.13 Å². The molecule has 0 atom stereocenters. The zero-order chi connectivity index (χ0) is 16.8. The minimum atomic E-state index is -0.771. The first-order chi connectivity index (χ1) is 11.0. The molecular weight excluding hydrogens is 361 g/mol. The van der Waals surface area contributed by atoms with Crippen LogP contribution in [0.2, 0.25) is 10.3 Å². The zero-order valence-electron chi connectivity index (χ0n) is 11.9. The van der Waals surface area contributed by atoms with Gasteiger partial charge in [-0.05, 0) is 19.1 Å². The van der Waals surface area contributed by atoms with Gasteiger partial charge in [0.05, 0.1) is 12.2 Å². The van der Waals surface area contributed by atoms with Gasteiger partial charge in [-0.25, -0.2) is 14.8 Å². The van der Waals surface area contributed by atoms with Crippen LogP contribution in [0.1, 0.15) is 17.3 Å². The van der Waals surface area contributed by atoms with E-state index < -0.39 is 11.8 Å². The Kier molecular flexibility index (Phi) is 6.09. The number of carbonyl (C=O) groups excluding carboxylic acids is 2. The number of rotatable bonds is 6. The Hall–Kier alpha value is -1.96. The van der Waals surface area contributed by atoms with E-state index in [1.54, 1.807) is 18.5 Å². The lowest BCUT2D eigenvalue weighted by Crippen LogP contribution is -2.18. The van der Waals surface area contributed by atoms with Crippen LogP contribution in [0.5, 0.6) is 0 Å². The average Bonchev–Trinajstić information content (AvgIpc) is 3.01. The normalized spacial score (nSPS) is 11.2. The first-order valence-corrected chi connectivity index (χ1v) is 8.06. The molecule has 0 aromatic carbocycles. The Bertz CT molecular complexity index is 748. The number of esters is 1. The maximum absolute atomic E-state index is 12.6. The Labute approximate surface area is 146 Å². The summed E-state index contributed by atoms with van der Waals surface area (Å²) in [6, 6.07) is 2.81. The molecule has 0 bridgehead atoms. The lowest BCUT2D eigenvalue weighted by atomic mass is 10.1. The number of ether oxygens (including phenoxy) is 1. The molecule has 0 saturated carbocycles. The number of pyridine rings is 1. The van der Waals surface area contributed by atoms with Gasteiger partial charge in [-0.1, -0.05) is 23.2 Å². The number of nitrogens with one attached hydrogen (secondary N) is 1. The number of ketones is 1. The van der Waals surface area contributed by atoms with Crippen molar-refractivity contribution in [2.24, 2.45) is 0 Å². The van der Waals surface area contributed by atoms with Crippen molar-refractivity contribution in [2.75, 3.05) is 11.9 Å². The smallest absolute Gasteiger partial charge is 0.343 e. The third kappa shape index (κ3) is 4.51. The Morgan fingerprint density at radius 1 is 1.39 bits per heavy atom. The molecule has 2 aromatic rings. The molecule has 2 rings (SSSR count). The summed E-state index contributed by atoms with van der Waals surface area (Å²) in [5.41, 5.74) is -0.163. The number of thiazole rings is 1. The van der Waals surface area contributed by atoms with Gasteiger partial charge in [-0.2, -0.15) is 0 Å². The minimum Gasteiger partial charge on any atom is -0.462 e. The van der Waals surface area contributed by atoms with Gasteiger partial charge in [0.2, 0.25) is 5.78 Å². The van der Waals surface area contributed by atoms with E-state index in [4.69, 9.17) is 27.9 Å². The number of halogens is 2. The summed E-state index contributed by atoms with van der Waals surface area (Å²) in [7, 11) is 0. The van der Waals surface area contributed by atoms with Crippen molar-refractivity contribution in [3.8, 4) is 0 Å². The van der Waals surface area contributed by atoms with E-state index in [0.29, 0.717) is 5.13 Å². The van der Waals surface area contributed by atoms with E-state index >= 15 is 0 Å². The standard InChI is InChI=1S/C14H11Cl2N3O3S/c1-2-22-13(21)9(7-18-14-17-5-6-23-14)11(20)8-3-4-10(15)19-12(8)16/h3-7H,2H2,1H3,(H,17,18). The number of hydrogen-bond donors (Lipinski definition) is 1. The molecule has 120 valence electrons. The first-order valence-electron chi connectivity index (χ1n) is 6.43. The van der Waals surface area contributed by atoms with E-state index in [1.165, 1.54) is 29.7 Å². The number of carbonyl (C=O) groups is 2. The van der Waals surface area contributed by atoms with Gasteiger partial charge in [-0.3, -0.25) is 4.79 Å². The van der Waals surface area contributed by atoms with Gasteiger partial charge in [-0.15, -0.1) is 11.3 Å². The average molecular weight is 372 g/mol. The highest BCUT2D eigenvalue weighted by Crippen LogP contribution is 2.21. The zero-order valence-corrected chi connectivity index (χ0v) is 14.2. The number of aromatic nitrogens is 2. The van der Waals surface area contributed by atoms with Gasteiger partial charge in [0.25, 0.3) is 0 Å². The highest BCUT2D eigenvalue weighted by molar-refractivity contribution is 7.13. The largest absolute Gasteiger partial charge is 0.462 e. The Morgan fingerprint density at radius 2 is 2.17 bits per heavy atom. The maximum atomic E-state index is 12.6. The topological polar surface area (TPSA) is 81.2 Å². The summed E-state index contributed by atoms with van der Waals surface area (Å²) in [5.74, 6) is -1.39. The van der Waals surface area contributed by atoms with Crippen LogP contribution < -0.4 is 5.32 Å². The van der Waals surface area contributed by atoms with Crippen LogP contribution in [0.25, 0.3) is 0 Å².